The number of carbonyl (C=O) groups excluding carboxylic acids is 1. The summed E-state index contributed by atoms with van der Waals surface area (Å²) in [6, 6.07) is 0.716. The van der Waals surface area contributed by atoms with Crippen LogP contribution in [0.15, 0.2) is 0 Å². The first-order valence-corrected chi connectivity index (χ1v) is 6.79. The highest BCUT2D eigenvalue weighted by atomic mass is 16.2. The summed E-state index contributed by atoms with van der Waals surface area (Å²) in [4.78, 5) is 15.6. The van der Waals surface area contributed by atoms with Gasteiger partial charge in [0.2, 0.25) is 5.91 Å². The van der Waals surface area contributed by atoms with Gasteiger partial charge in [-0.05, 0) is 25.8 Å². The van der Waals surface area contributed by atoms with Crippen molar-refractivity contribution in [3.63, 3.8) is 0 Å². The van der Waals surface area contributed by atoms with E-state index in [4.69, 9.17) is 5.73 Å². The Morgan fingerprint density at radius 1 is 1.24 bits per heavy atom. The van der Waals surface area contributed by atoms with Crippen LogP contribution in [0.5, 0.6) is 0 Å². The van der Waals surface area contributed by atoms with Crippen LogP contribution in [0.2, 0.25) is 0 Å². The van der Waals surface area contributed by atoms with Crippen LogP contribution in [0.25, 0.3) is 0 Å². The molecule has 0 atom stereocenters. The molecule has 0 aliphatic heterocycles. The summed E-state index contributed by atoms with van der Waals surface area (Å²) in [7, 11) is 3.63. The monoisotopic (exact) mass is 241 g/mol. The first kappa shape index (κ1) is 14.5. The lowest BCUT2D eigenvalue weighted by Crippen LogP contribution is -2.38. The molecular weight excluding hydrogens is 214 g/mol. The molecule has 0 saturated heterocycles. The highest BCUT2D eigenvalue weighted by Crippen LogP contribution is 2.23. The largest absolute Gasteiger partial charge is 0.349 e. The van der Waals surface area contributed by atoms with E-state index >= 15 is 0 Å². The van der Waals surface area contributed by atoms with E-state index in [0.29, 0.717) is 12.5 Å². The zero-order chi connectivity index (χ0) is 12.7. The molecule has 1 fully saturated rings. The molecule has 2 N–H and O–H groups in total. The number of rotatable bonds is 7. The molecule has 1 aliphatic rings. The molecule has 0 spiro atoms. The summed E-state index contributed by atoms with van der Waals surface area (Å²) in [6.45, 7) is 2.71. The summed E-state index contributed by atoms with van der Waals surface area (Å²) in [5.74, 6) is 0.226. The van der Waals surface area contributed by atoms with E-state index in [0.717, 1.165) is 26.1 Å². The van der Waals surface area contributed by atoms with E-state index in [1.54, 1.807) is 4.90 Å². The maximum atomic E-state index is 11.5. The van der Waals surface area contributed by atoms with Gasteiger partial charge in [0.05, 0.1) is 0 Å². The van der Waals surface area contributed by atoms with Gasteiger partial charge in [0.25, 0.3) is 0 Å². The normalized spacial score (nSPS) is 16.7. The summed E-state index contributed by atoms with van der Waals surface area (Å²) >= 11 is 0. The predicted octanol–water partition coefficient (Wildman–Crippen LogP) is 1.06. The zero-order valence-electron chi connectivity index (χ0n) is 11.3. The molecule has 0 unspecified atom stereocenters. The Kier molecular flexibility index (Phi) is 6.52. The van der Waals surface area contributed by atoms with Gasteiger partial charge in [0.15, 0.2) is 0 Å². The first-order valence-electron chi connectivity index (χ1n) is 6.79. The number of nitrogens with two attached hydrogens (primary N) is 1. The van der Waals surface area contributed by atoms with Gasteiger partial charge in [0, 0.05) is 39.6 Å². The molecule has 0 bridgehead atoms. The quantitative estimate of drug-likeness (QED) is 0.725. The molecule has 1 saturated carbocycles. The van der Waals surface area contributed by atoms with Crippen LogP contribution in [-0.4, -0.2) is 55.5 Å². The van der Waals surface area contributed by atoms with Gasteiger partial charge in [-0.15, -0.1) is 0 Å². The van der Waals surface area contributed by atoms with Crippen LogP contribution >= 0.6 is 0 Å². The van der Waals surface area contributed by atoms with Crippen molar-refractivity contribution in [3.8, 4) is 0 Å². The van der Waals surface area contributed by atoms with Gasteiger partial charge in [0.1, 0.15) is 0 Å². The van der Waals surface area contributed by atoms with Gasteiger partial charge < -0.3 is 10.6 Å². The number of hydrogen-bond acceptors (Lipinski definition) is 3. The molecule has 0 radical (unpaired) electrons. The maximum Gasteiger partial charge on any atom is 0.222 e. The Labute approximate surface area is 105 Å². The molecule has 1 amide bonds. The third kappa shape index (κ3) is 5.04. The van der Waals surface area contributed by atoms with Crippen molar-refractivity contribution >= 4 is 5.91 Å². The number of amides is 1. The first-order chi connectivity index (χ1) is 8.15. The lowest BCUT2D eigenvalue weighted by atomic mass is 10.2. The van der Waals surface area contributed by atoms with Crippen LogP contribution < -0.4 is 5.73 Å². The second kappa shape index (κ2) is 7.67. The Morgan fingerprint density at radius 2 is 1.88 bits per heavy atom. The van der Waals surface area contributed by atoms with Gasteiger partial charge in [-0.3, -0.25) is 9.69 Å². The van der Waals surface area contributed by atoms with Crippen molar-refractivity contribution in [2.75, 3.05) is 33.7 Å². The van der Waals surface area contributed by atoms with E-state index in [9.17, 15) is 4.79 Å². The fourth-order valence-corrected chi connectivity index (χ4v) is 2.57. The van der Waals surface area contributed by atoms with E-state index < -0.39 is 0 Å². The summed E-state index contributed by atoms with van der Waals surface area (Å²) in [5.41, 5.74) is 5.66. The average molecular weight is 241 g/mol. The van der Waals surface area contributed by atoms with E-state index in [2.05, 4.69) is 4.90 Å². The van der Waals surface area contributed by atoms with Crippen LogP contribution in [-0.2, 0) is 4.79 Å². The number of carbonyl (C=O) groups is 1. The highest BCUT2D eigenvalue weighted by molar-refractivity contribution is 5.75. The van der Waals surface area contributed by atoms with Gasteiger partial charge in [-0.1, -0.05) is 12.8 Å². The van der Waals surface area contributed by atoms with E-state index in [1.165, 1.54) is 25.7 Å². The van der Waals surface area contributed by atoms with E-state index in [-0.39, 0.29) is 5.91 Å². The molecule has 0 aromatic heterocycles. The standard InChI is InChI=1S/C13H27N3O/c1-15(2)13(17)8-5-10-16(11-9-14)12-6-3-4-7-12/h12H,3-11,14H2,1-2H3. The second-order valence-corrected chi connectivity index (χ2v) is 5.15. The molecule has 4 nitrogen and oxygen atoms in total. The third-order valence-corrected chi connectivity index (χ3v) is 3.59. The van der Waals surface area contributed by atoms with Crippen molar-refractivity contribution in [2.45, 2.75) is 44.6 Å². The average Bonchev–Trinajstić information content (AvgIpc) is 2.80. The van der Waals surface area contributed by atoms with Crippen LogP contribution in [0.1, 0.15) is 38.5 Å². The van der Waals surface area contributed by atoms with Crippen molar-refractivity contribution in [1.82, 2.24) is 9.80 Å². The lowest BCUT2D eigenvalue weighted by Gasteiger charge is -2.28. The molecule has 0 heterocycles. The summed E-state index contributed by atoms with van der Waals surface area (Å²) in [6.07, 6.45) is 6.92. The van der Waals surface area contributed by atoms with Crippen LogP contribution in [0, 0.1) is 0 Å². The predicted molar refractivity (Wildman–Crippen MR) is 70.8 cm³/mol. The molecule has 1 rings (SSSR count). The smallest absolute Gasteiger partial charge is 0.222 e. The van der Waals surface area contributed by atoms with E-state index in [1.807, 2.05) is 14.1 Å². The number of hydrogen-bond donors (Lipinski definition) is 1. The SMILES string of the molecule is CN(C)C(=O)CCCN(CCN)C1CCCC1. The number of nitrogens with zero attached hydrogens (tertiary/aromatic N) is 2. The maximum absolute atomic E-state index is 11.5. The van der Waals surface area contributed by atoms with Crippen molar-refractivity contribution in [3.05, 3.63) is 0 Å². The summed E-state index contributed by atoms with van der Waals surface area (Å²) in [5, 5.41) is 0. The Hall–Kier alpha value is -0.610. The Bertz CT molecular complexity index is 225. The van der Waals surface area contributed by atoms with Gasteiger partial charge in [-0.2, -0.15) is 0 Å². The highest BCUT2D eigenvalue weighted by Gasteiger charge is 2.21. The minimum absolute atomic E-state index is 0.226. The molecule has 100 valence electrons. The molecule has 0 aromatic carbocycles. The summed E-state index contributed by atoms with van der Waals surface area (Å²) < 4.78 is 0. The molecular formula is C13H27N3O. The second-order valence-electron chi connectivity index (χ2n) is 5.15. The fourth-order valence-electron chi connectivity index (χ4n) is 2.57. The molecule has 0 aromatic rings. The van der Waals surface area contributed by atoms with Crippen LogP contribution in [0.4, 0.5) is 0 Å². The van der Waals surface area contributed by atoms with Crippen molar-refractivity contribution < 1.29 is 4.79 Å². The fraction of sp³-hybridized carbons (Fsp3) is 0.923. The minimum atomic E-state index is 0.226. The van der Waals surface area contributed by atoms with Gasteiger partial charge in [-0.25, -0.2) is 0 Å². The molecule has 17 heavy (non-hydrogen) atoms. The van der Waals surface area contributed by atoms with Crippen LogP contribution in [0.3, 0.4) is 0 Å². The Balaban J connectivity index is 2.26. The zero-order valence-corrected chi connectivity index (χ0v) is 11.3. The molecule has 4 heteroatoms. The third-order valence-electron chi connectivity index (χ3n) is 3.59. The Morgan fingerprint density at radius 3 is 2.41 bits per heavy atom. The lowest BCUT2D eigenvalue weighted by molar-refractivity contribution is -0.128. The molecule has 1 aliphatic carbocycles. The van der Waals surface area contributed by atoms with Crippen molar-refractivity contribution in [1.29, 1.82) is 0 Å². The van der Waals surface area contributed by atoms with Crippen molar-refractivity contribution in [2.24, 2.45) is 5.73 Å². The van der Waals surface area contributed by atoms with Gasteiger partial charge >= 0.3 is 0 Å². The topological polar surface area (TPSA) is 49.6 Å². The minimum Gasteiger partial charge on any atom is -0.349 e.